The first kappa shape index (κ1) is 14.9. The predicted molar refractivity (Wildman–Crippen MR) is 73.1 cm³/mol. The van der Waals surface area contributed by atoms with Crippen LogP contribution in [0.4, 0.5) is 0 Å². The molecule has 0 radical (unpaired) electrons. The number of rotatable bonds is 7. The van der Waals surface area contributed by atoms with Crippen molar-refractivity contribution in [2.24, 2.45) is 11.8 Å². The van der Waals surface area contributed by atoms with Crippen LogP contribution in [0, 0.1) is 11.8 Å². The van der Waals surface area contributed by atoms with Crippen molar-refractivity contribution in [3.8, 4) is 0 Å². The lowest BCUT2D eigenvalue weighted by atomic mass is 9.95. The Morgan fingerprint density at radius 3 is 2.47 bits per heavy atom. The summed E-state index contributed by atoms with van der Waals surface area (Å²) in [6.45, 7) is 12.8. The van der Waals surface area contributed by atoms with Gasteiger partial charge in [0.15, 0.2) is 0 Å². The van der Waals surface area contributed by atoms with E-state index in [1.54, 1.807) is 0 Å². The number of hydrogen-bond acceptors (Lipinski definition) is 3. The van der Waals surface area contributed by atoms with Crippen LogP contribution in [0.3, 0.4) is 0 Å². The third-order valence-corrected chi connectivity index (χ3v) is 3.83. The molecule has 17 heavy (non-hydrogen) atoms. The molecule has 2 N–H and O–H groups in total. The van der Waals surface area contributed by atoms with E-state index in [0.717, 1.165) is 24.8 Å². The third kappa shape index (κ3) is 5.36. The summed E-state index contributed by atoms with van der Waals surface area (Å²) < 4.78 is 0. The van der Waals surface area contributed by atoms with Gasteiger partial charge >= 0.3 is 0 Å². The fourth-order valence-corrected chi connectivity index (χ4v) is 2.65. The molecular formula is C14H30N2O. The molecule has 1 heterocycles. The second-order valence-corrected chi connectivity index (χ2v) is 6.08. The maximum Gasteiger partial charge on any atom is 0.0585 e. The van der Waals surface area contributed by atoms with Gasteiger partial charge in [-0.05, 0) is 37.8 Å². The largest absolute Gasteiger partial charge is 0.395 e. The van der Waals surface area contributed by atoms with Crippen LogP contribution in [0.1, 0.15) is 40.5 Å². The van der Waals surface area contributed by atoms with Gasteiger partial charge in [0.1, 0.15) is 0 Å². The molecule has 102 valence electrons. The Kier molecular flexibility index (Phi) is 6.45. The molecule has 0 aromatic carbocycles. The van der Waals surface area contributed by atoms with Crippen molar-refractivity contribution in [3.05, 3.63) is 0 Å². The Labute approximate surface area is 107 Å². The van der Waals surface area contributed by atoms with Crippen molar-refractivity contribution in [2.45, 2.75) is 52.6 Å². The van der Waals surface area contributed by atoms with Gasteiger partial charge in [0.2, 0.25) is 0 Å². The van der Waals surface area contributed by atoms with E-state index in [4.69, 9.17) is 0 Å². The molecule has 3 heteroatoms. The van der Waals surface area contributed by atoms with Gasteiger partial charge in [-0.3, -0.25) is 0 Å². The molecule has 1 saturated heterocycles. The van der Waals surface area contributed by atoms with Gasteiger partial charge in [-0.15, -0.1) is 0 Å². The van der Waals surface area contributed by atoms with Crippen LogP contribution in [0.2, 0.25) is 0 Å². The van der Waals surface area contributed by atoms with E-state index >= 15 is 0 Å². The summed E-state index contributed by atoms with van der Waals surface area (Å²) in [4.78, 5) is 2.55. The first-order valence-corrected chi connectivity index (χ1v) is 7.12. The van der Waals surface area contributed by atoms with E-state index in [2.05, 4.69) is 37.9 Å². The predicted octanol–water partition coefficient (Wildman–Crippen LogP) is 1.71. The molecular weight excluding hydrogens is 212 g/mol. The average molecular weight is 242 g/mol. The van der Waals surface area contributed by atoms with Crippen molar-refractivity contribution in [2.75, 3.05) is 26.2 Å². The van der Waals surface area contributed by atoms with Gasteiger partial charge in [-0.25, -0.2) is 0 Å². The Hall–Kier alpha value is -0.120. The van der Waals surface area contributed by atoms with E-state index in [1.165, 1.54) is 19.5 Å². The van der Waals surface area contributed by atoms with E-state index in [9.17, 15) is 5.11 Å². The Morgan fingerprint density at radius 2 is 2.00 bits per heavy atom. The van der Waals surface area contributed by atoms with Crippen molar-refractivity contribution >= 4 is 0 Å². The Balaban J connectivity index is 2.22. The minimum absolute atomic E-state index is 0.250. The van der Waals surface area contributed by atoms with E-state index in [1.807, 2.05) is 0 Å². The molecule has 0 aromatic rings. The monoisotopic (exact) mass is 242 g/mol. The van der Waals surface area contributed by atoms with Crippen LogP contribution < -0.4 is 5.32 Å². The van der Waals surface area contributed by atoms with Crippen LogP contribution in [-0.4, -0.2) is 48.3 Å². The van der Waals surface area contributed by atoms with Gasteiger partial charge in [-0.1, -0.05) is 27.7 Å². The van der Waals surface area contributed by atoms with Gasteiger partial charge < -0.3 is 15.3 Å². The summed E-state index contributed by atoms with van der Waals surface area (Å²) in [5, 5.41) is 12.7. The van der Waals surface area contributed by atoms with Crippen molar-refractivity contribution < 1.29 is 5.11 Å². The molecule has 3 nitrogen and oxygen atoms in total. The highest BCUT2D eigenvalue weighted by Crippen LogP contribution is 2.23. The lowest BCUT2D eigenvalue weighted by Crippen LogP contribution is -2.40. The number of nitrogens with zero attached hydrogens (tertiary/aromatic N) is 1. The van der Waals surface area contributed by atoms with E-state index in [-0.39, 0.29) is 12.6 Å². The molecule has 1 fully saturated rings. The molecule has 1 aliphatic heterocycles. The Morgan fingerprint density at radius 1 is 1.29 bits per heavy atom. The molecule has 2 atom stereocenters. The zero-order valence-electron chi connectivity index (χ0n) is 11.9. The summed E-state index contributed by atoms with van der Waals surface area (Å²) in [6, 6.07) is 0.710. The molecule has 0 bridgehead atoms. The molecule has 1 aliphatic rings. The van der Waals surface area contributed by atoms with Gasteiger partial charge in [0.05, 0.1) is 6.61 Å². The molecule has 0 aromatic heterocycles. The summed E-state index contributed by atoms with van der Waals surface area (Å²) in [7, 11) is 0. The van der Waals surface area contributed by atoms with Gasteiger partial charge in [0.25, 0.3) is 0 Å². The number of nitrogens with one attached hydrogen (secondary N) is 1. The lowest BCUT2D eigenvalue weighted by molar-refractivity contribution is 0.207. The zero-order valence-corrected chi connectivity index (χ0v) is 11.9. The SMILES string of the molecule is CC(C)NC(CO)CCN1CCC(C(C)C)C1. The van der Waals surface area contributed by atoms with Crippen LogP contribution in [0.15, 0.2) is 0 Å². The Bertz CT molecular complexity index is 206. The number of aliphatic hydroxyl groups excluding tert-OH is 1. The highest BCUT2D eigenvalue weighted by molar-refractivity contribution is 4.79. The van der Waals surface area contributed by atoms with Crippen LogP contribution in [0.5, 0.6) is 0 Å². The highest BCUT2D eigenvalue weighted by Gasteiger charge is 2.24. The second kappa shape index (κ2) is 7.34. The lowest BCUT2D eigenvalue weighted by Gasteiger charge is -2.23. The topological polar surface area (TPSA) is 35.5 Å². The van der Waals surface area contributed by atoms with E-state index < -0.39 is 0 Å². The molecule has 1 rings (SSSR count). The van der Waals surface area contributed by atoms with Crippen molar-refractivity contribution in [1.29, 1.82) is 0 Å². The summed E-state index contributed by atoms with van der Waals surface area (Å²) in [5.74, 6) is 1.68. The van der Waals surface area contributed by atoms with Gasteiger partial charge in [0, 0.05) is 18.6 Å². The summed E-state index contributed by atoms with van der Waals surface area (Å²) in [6.07, 6.45) is 2.40. The number of aliphatic hydroxyl groups is 1. The van der Waals surface area contributed by atoms with Crippen LogP contribution in [0.25, 0.3) is 0 Å². The summed E-state index contributed by atoms with van der Waals surface area (Å²) >= 11 is 0. The minimum Gasteiger partial charge on any atom is -0.395 e. The molecule has 0 spiro atoms. The first-order valence-electron chi connectivity index (χ1n) is 7.12. The first-order chi connectivity index (χ1) is 8.02. The zero-order chi connectivity index (χ0) is 12.8. The second-order valence-electron chi connectivity index (χ2n) is 6.08. The van der Waals surface area contributed by atoms with E-state index in [0.29, 0.717) is 6.04 Å². The van der Waals surface area contributed by atoms with Crippen LogP contribution >= 0.6 is 0 Å². The summed E-state index contributed by atoms with van der Waals surface area (Å²) in [5.41, 5.74) is 0. The van der Waals surface area contributed by atoms with Crippen molar-refractivity contribution in [1.82, 2.24) is 10.2 Å². The number of hydrogen-bond donors (Lipinski definition) is 2. The average Bonchev–Trinajstić information content (AvgIpc) is 2.72. The molecule has 0 aliphatic carbocycles. The molecule has 2 unspecified atom stereocenters. The minimum atomic E-state index is 0.250. The molecule has 0 amide bonds. The number of likely N-dealkylation sites (tertiary alicyclic amines) is 1. The third-order valence-electron chi connectivity index (χ3n) is 3.83. The maximum absolute atomic E-state index is 9.31. The standard InChI is InChI=1S/C14H30N2O/c1-11(2)13-5-7-16(9-13)8-6-14(10-17)15-12(3)4/h11-15,17H,5-10H2,1-4H3. The molecule has 0 saturated carbocycles. The normalized spacial score (nSPS) is 23.8. The van der Waals surface area contributed by atoms with Gasteiger partial charge in [-0.2, -0.15) is 0 Å². The quantitative estimate of drug-likeness (QED) is 0.713. The fraction of sp³-hybridized carbons (Fsp3) is 1.00. The van der Waals surface area contributed by atoms with Crippen LogP contribution in [-0.2, 0) is 0 Å². The fourth-order valence-electron chi connectivity index (χ4n) is 2.65. The maximum atomic E-state index is 9.31. The highest BCUT2D eigenvalue weighted by atomic mass is 16.3. The smallest absolute Gasteiger partial charge is 0.0585 e. The van der Waals surface area contributed by atoms with Crippen molar-refractivity contribution in [3.63, 3.8) is 0 Å².